The van der Waals surface area contributed by atoms with Crippen molar-refractivity contribution in [2.45, 2.75) is 25.3 Å². The lowest BCUT2D eigenvalue weighted by atomic mass is 10.1. The van der Waals surface area contributed by atoms with Gasteiger partial charge in [-0.2, -0.15) is 0 Å². The molecule has 1 aliphatic rings. The van der Waals surface area contributed by atoms with E-state index in [4.69, 9.17) is 16.6 Å². The maximum atomic E-state index is 12.4. The third-order valence-electron chi connectivity index (χ3n) is 4.89. The van der Waals surface area contributed by atoms with Crippen molar-refractivity contribution in [3.8, 4) is 0 Å². The average molecular weight is 413 g/mol. The van der Waals surface area contributed by atoms with E-state index in [0.717, 1.165) is 41.4 Å². The van der Waals surface area contributed by atoms with Gasteiger partial charge in [-0.05, 0) is 43.1 Å². The predicted molar refractivity (Wildman–Crippen MR) is 113 cm³/mol. The van der Waals surface area contributed by atoms with Crippen molar-refractivity contribution in [2.75, 3.05) is 18.4 Å². The molecule has 0 unspecified atom stereocenters. The van der Waals surface area contributed by atoms with E-state index < -0.39 is 0 Å². The summed E-state index contributed by atoms with van der Waals surface area (Å²) in [5.74, 6) is -0.0333. The van der Waals surface area contributed by atoms with Crippen LogP contribution < -0.4 is 5.32 Å². The first-order valence-electron chi connectivity index (χ1n) is 9.31. The van der Waals surface area contributed by atoms with Crippen molar-refractivity contribution < 1.29 is 4.79 Å². The minimum absolute atomic E-state index is 0.0333. The molecule has 3 aromatic rings. The molecule has 28 heavy (non-hydrogen) atoms. The molecule has 3 heterocycles. The zero-order valence-corrected chi connectivity index (χ0v) is 16.9. The van der Waals surface area contributed by atoms with Gasteiger partial charge in [0.05, 0.1) is 18.3 Å². The fourth-order valence-electron chi connectivity index (χ4n) is 3.60. The molecule has 0 spiro atoms. The SMILES string of the molecule is O=C(CN1CCC[C@@H]1c1cccc(Cc2ccccc2Cl)n1)Nc1nccs1. The number of likely N-dealkylation sites (tertiary alicyclic amines) is 1. The molecule has 1 N–H and O–H groups in total. The van der Waals surface area contributed by atoms with E-state index in [2.05, 4.69) is 21.3 Å². The van der Waals surface area contributed by atoms with Gasteiger partial charge in [-0.1, -0.05) is 35.9 Å². The molecule has 1 amide bonds. The monoisotopic (exact) mass is 412 g/mol. The van der Waals surface area contributed by atoms with E-state index in [9.17, 15) is 4.79 Å². The van der Waals surface area contributed by atoms with Gasteiger partial charge in [0, 0.05) is 28.7 Å². The molecule has 0 radical (unpaired) electrons. The highest BCUT2D eigenvalue weighted by atomic mass is 35.5. The first-order chi connectivity index (χ1) is 13.7. The fraction of sp³-hybridized carbons (Fsp3) is 0.286. The van der Waals surface area contributed by atoms with E-state index >= 15 is 0 Å². The van der Waals surface area contributed by atoms with Crippen molar-refractivity contribution in [1.29, 1.82) is 0 Å². The van der Waals surface area contributed by atoms with Crippen LogP contribution in [0.4, 0.5) is 5.13 Å². The molecule has 0 bridgehead atoms. The standard InChI is InChI=1S/C21H21ClN4OS/c22-17-7-2-1-5-15(17)13-16-6-3-8-18(24-16)19-9-4-11-26(19)14-20(27)25-21-23-10-12-28-21/h1-3,5-8,10,12,19H,4,9,11,13-14H2,(H,23,25,27)/t19-/m1/s1. The number of aromatic nitrogens is 2. The summed E-state index contributed by atoms with van der Waals surface area (Å²) in [4.78, 5) is 23.6. The summed E-state index contributed by atoms with van der Waals surface area (Å²) in [6.07, 6.45) is 4.46. The fourth-order valence-corrected chi connectivity index (χ4v) is 4.35. The van der Waals surface area contributed by atoms with Gasteiger partial charge in [0.15, 0.2) is 5.13 Å². The Bertz CT molecular complexity index is 947. The predicted octanol–water partition coefficient (Wildman–Crippen LogP) is 4.56. The van der Waals surface area contributed by atoms with Gasteiger partial charge in [0.2, 0.25) is 5.91 Å². The Morgan fingerprint density at radius 2 is 2.14 bits per heavy atom. The van der Waals surface area contributed by atoms with Crippen LogP contribution in [0.3, 0.4) is 0 Å². The second-order valence-corrected chi connectivity index (χ2v) is 8.14. The maximum absolute atomic E-state index is 12.4. The summed E-state index contributed by atoms with van der Waals surface area (Å²) < 4.78 is 0. The van der Waals surface area contributed by atoms with Crippen LogP contribution >= 0.6 is 22.9 Å². The van der Waals surface area contributed by atoms with Crippen LogP contribution in [-0.2, 0) is 11.2 Å². The van der Waals surface area contributed by atoms with Gasteiger partial charge in [0.1, 0.15) is 0 Å². The Balaban J connectivity index is 1.45. The summed E-state index contributed by atoms with van der Waals surface area (Å²) in [6.45, 7) is 1.24. The lowest BCUT2D eigenvalue weighted by molar-refractivity contribution is -0.117. The van der Waals surface area contributed by atoms with Crippen molar-refractivity contribution in [2.24, 2.45) is 0 Å². The van der Waals surface area contributed by atoms with Crippen LogP contribution in [0.2, 0.25) is 5.02 Å². The minimum atomic E-state index is -0.0333. The first-order valence-corrected chi connectivity index (χ1v) is 10.6. The third-order valence-corrected chi connectivity index (χ3v) is 5.95. The number of pyridine rings is 1. The van der Waals surface area contributed by atoms with Gasteiger partial charge in [-0.3, -0.25) is 14.7 Å². The highest BCUT2D eigenvalue weighted by Gasteiger charge is 2.28. The second kappa shape index (κ2) is 8.82. The zero-order valence-electron chi connectivity index (χ0n) is 15.3. The molecule has 2 aromatic heterocycles. The van der Waals surface area contributed by atoms with Crippen LogP contribution in [0.15, 0.2) is 54.0 Å². The number of anilines is 1. The molecule has 0 saturated carbocycles. The van der Waals surface area contributed by atoms with E-state index in [1.54, 1.807) is 6.20 Å². The van der Waals surface area contributed by atoms with E-state index in [1.807, 2.05) is 41.8 Å². The van der Waals surface area contributed by atoms with Gasteiger partial charge in [-0.25, -0.2) is 4.98 Å². The first kappa shape index (κ1) is 19.1. The molecule has 1 saturated heterocycles. The molecule has 1 aromatic carbocycles. The zero-order chi connectivity index (χ0) is 19.3. The third kappa shape index (κ3) is 4.58. The van der Waals surface area contributed by atoms with Crippen molar-refractivity contribution in [1.82, 2.24) is 14.9 Å². The highest BCUT2D eigenvalue weighted by molar-refractivity contribution is 7.13. The maximum Gasteiger partial charge on any atom is 0.240 e. The van der Waals surface area contributed by atoms with E-state index in [1.165, 1.54) is 11.3 Å². The number of thiazole rings is 1. The summed E-state index contributed by atoms with van der Waals surface area (Å²) in [5.41, 5.74) is 3.08. The highest BCUT2D eigenvalue weighted by Crippen LogP contribution is 2.31. The summed E-state index contributed by atoms with van der Waals surface area (Å²) >= 11 is 7.72. The normalized spacial score (nSPS) is 17.0. The number of rotatable bonds is 6. The summed E-state index contributed by atoms with van der Waals surface area (Å²) in [7, 11) is 0. The Morgan fingerprint density at radius 1 is 1.25 bits per heavy atom. The number of carbonyl (C=O) groups excluding carboxylic acids is 1. The van der Waals surface area contributed by atoms with Crippen molar-refractivity contribution >= 4 is 34.0 Å². The number of nitrogens with one attached hydrogen (secondary N) is 1. The van der Waals surface area contributed by atoms with Gasteiger partial charge >= 0.3 is 0 Å². The van der Waals surface area contributed by atoms with Crippen LogP contribution in [0.5, 0.6) is 0 Å². The molecule has 1 atom stereocenters. The number of amides is 1. The Morgan fingerprint density at radius 3 is 2.96 bits per heavy atom. The Hall–Kier alpha value is -2.28. The number of hydrogen-bond donors (Lipinski definition) is 1. The molecular weight excluding hydrogens is 392 g/mol. The lowest BCUT2D eigenvalue weighted by Crippen LogP contribution is -2.33. The van der Waals surface area contributed by atoms with E-state index in [0.29, 0.717) is 18.1 Å². The van der Waals surface area contributed by atoms with Crippen LogP contribution in [0.1, 0.15) is 35.8 Å². The van der Waals surface area contributed by atoms with Crippen LogP contribution in [0.25, 0.3) is 0 Å². The molecular formula is C21H21ClN4OS. The van der Waals surface area contributed by atoms with Gasteiger partial charge < -0.3 is 5.32 Å². The average Bonchev–Trinajstić information content (AvgIpc) is 3.36. The molecule has 1 aliphatic heterocycles. The lowest BCUT2D eigenvalue weighted by Gasteiger charge is -2.23. The number of nitrogens with zero attached hydrogens (tertiary/aromatic N) is 3. The Labute approximate surface area is 173 Å². The van der Waals surface area contributed by atoms with Crippen molar-refractivity contribution in [3.05, 3.63) is 76.0 Å². The number of benzene rings is 1. The molecule has 144 valence electrons. The molecule has 5 nitrogen and oxygen atoms in total. The van der Waals surface area contributed by atoms with Gasteiger partial charge in [-0.15, -0.1) is 11.3 Å². The van der Waals surface area contributed by atoms with Crippen molar-refractivity contribution in [3.63, 3.8) is 0 Å². The minimum Gasteiger partial charge on any atom is -0.301 e. The van der Waals surface area contributed by atoms with Crippen LogP contribution in [-0.4, -0.2) is 33.9 Å². The summed E-state index contributed by atoms with van der Waals surface area (Å²) in [5, 5.41) is 6.11. The smallest absolute Gasteiger partial charge is 0.240 e. The molecule has 7 heteroatoms. The quantitative estimate of drug-likeness (QED) is 0.644. The molecule has 1 fully saturated rings. The number of halogens is 1. The van der Waals surface area contributed by atoms with E-state index in [-0.39, 0.29) is 11.9 Å². The molecule has 0 aliphatic carbocycles. The number of hydrogen-bond acceptors (Lipinski definition) is 5. The second-order valence-electron chi connectivity index (χ2n) is 6.84. The summed E-state index contributed by atoms with van der Waals surface area (Å²) in [6, 6.07) is 14.1. The largest absolute Gasteiger partial charge is 0.301 e. The van der Waals surface area contributed by atoms with Crippen LogP contribution in [0, 0.1) is 0 Å². The molecule has 4 rings (SSSR count). The number of carbonyl (C=O) groups is 1. The topological polar surface area (TPSA) is 58.1 Å². The Kier molecular flexibility index (Phi) is 6.00. The van der Waals surface area contributed by atoms with Gasteiger partial charge in [0.25, 0.3) is 0 Å².